The lowest BCUT2D eigenvalue weighted by atomic mass is 9.86. The molecule has 2 N–H and O–H groups in total. The monoisotopic (exact) mass is 398 g/mol. The molecule has 0 bridgehead atoms. The van der Waals surface area contributed by atoms with Gasteiger partial charge in [0.05, 0.1) is 11.4 Å². The fourth-order valence-corrected chi connectivity index (χ4v) is 4.34. The zero-order valence-corrected chi connectivity index (χ0v) is 17.6. The average Bonchev–Trinajstić information content (AvgIpc) is 3.28. The number of aliphatic imine (C=N–C) groups is 1. The lowest BCUT2D eigenvalue weighted by Gasteiger charge is -2.22. The van der Waals surface area contributed by atoms with Crippen molar-refractivity contribution < 1.29 is 4.79 Å². The molecule has 5 nitrogen and oxygen atoms in total. The molecule has 0 spiro atoms. The number of allylic oxidation sites excluding steroid dienone is 2. The first-order chi connectivity index (χ1) is 14.4. The molecule has 0 fully saturated rings. The van der Waals surface area contributed by atoms with Crippen LogP contribution in [0.5, 0.6) is 0 Å². The number of H-pyrrole nitrogens is 1. The number of aromatic amines is 1. The van der Waals surface area contributed by atoms with E-state index in [0.717, 1.165) is 47.2 Å². The lowest BCUT2D eigenvalue weighted by Crippen LogP contribution is -2.40. The van der Waals surface area contributed by atoms with Crippen LogP contribution in [0.4, 0.5) is 10.5 Å². The molecule has 1 aliphatic carbocycles. The van der Waals surface area contributed by atoms with Crippen molar-refractivity contribution in [2.24, 2.45) is 4.99 Å². The van der Waals surface area contributed by atoms with E-state index in [0.29, 0.717) is 5.71 Å². The molecule has 5 heteroatoms. The Balaban J connectivity index is 1.40. The number of hydrogen-bond donors (Lipinski definition) is 2. The number of hydrogen-bond acceptors (Lipinski definition) is 2. The van der Waals surface area contributed by atoms with Crippen molar-refractivity contribution >= 4 is 28.3 Å². The zero-order chi connectivity index (χ0) is 20.9. The third-order valence-electron chi connectivity index (χ3n) is 5.93. The van der Waals surface area contributed by atoms with Crippen LogP contribution in [0, 0.1) is 0 Å². The van der Waals surface area contributed by atoms with E-state index in [9.17, 15) is 4.79 Å². The molecule has 1 aliphatic heterocycles. The van der Waals surface area contributed by atoms with Crippen molar-refractivity contribution in [1.29, 1.82) is 0 Å². The van der Waals surface area contributed by atoms with Gasteiger partial charge in [0.25, 0.3) is 0 Å². The third-order valence-corrected chi connectivity index (χ3v) is 5.93. The Bertz CT molecular complexity index is 1210. The van der Waals surface area contributed by atoms with Crippen LogP contribution in [0.15, 0.2) is 59.6 Å². The molecular formula is C25H26N4O. The summed E-state index contributed by atoms with van der Waals surface area (Å²) in [6.07, 6.45) is 5.72. The number of nitrogens with one attached hydrogen (secondary N) is 2. The van der Waals surface area contributed by atoms with Gasteiger partial charge in [-0.2, -0.15) is 4.99 Å². The van der Waals surface area contributed by atoms with Gasteiger partial charge in [-0.25, -0.2) is 10.2 Å². The average molecular weight is 399 g/mol. The molecule has 0 saturated carbocycles. The van der Waals surface area contributed by atoms with Gasteiger partial charge in [-0.1, -0.05) is 57.2 Å². The Labute approximate surface area is 176 Å². The van der Waals surface area contributed by atoms with Crippen LogP contribution >= 0.6 is 0 Å². The SMILES string of the molecule is CC(C)(C)c1ccc2c(c1)CCN2NC(=O)N=C1C=CCc2[nH]c3ccccc3c21. The Morgan fingerprint density at radius 1 is 1.17 bits per heavy atom. The van der Waals surface area contributed by atoms with E-state index in [-0.39, 0.29) is 11.4 Å². The highest BCUT2D eigenvalue weighted by atomic mass is 16.2. The van der Waals surface area contributed by atoms with Gasteiger partial charge in [-0.05, 0) is 41.2 Å². The smallest absolute Gasteiger partial charge is 0.358 e. The van der Waals surface area contributed by atoms with Gasteiger partial charge in [0.2, 0.25) is 0 Å². The molecule has 5 rings (SSSR count). The predicted octanol–water partition coefficient (Wildman–Crippen LogP) is 5.05. The molecule has 0 atom stereocenters. The molecule has 0 radical (unpaired) electrons. The highest BCUT2D eigenvalue weighted by Crippen LogP contribution is 2.32. The molecule has 0 unspecified atom stereocenters. The number of rotatable bonds is 1. The summed E-state index contributed by atoms with van der Waals surface area (Å²) in [6.45, 7) is 7.41. The van der Waals surface area contributed by atoms with Crippen molar-refractivity contribution in [3.63, 3.8) is 0 Å². The number of para-hydroxylation sites is 1. The first-order valence-corrected chi connectivity index (χ1v) is 10.5. The van der Waals surface area contributed by atoms with E-state index < -0.39 is 0 Å². The first-order valence-electron chi connectivity index (χ1n) is 10.5. The van der Waals surface area contributed by atoms with Gasteiger partial charge in [0.15, 0.2) is 0 Å². The minimum atomic E-state index is -0.347. The highest BCUT2D eigenvalue weighted by molar-refractivity contribution is 6.20. The Morgan fingerprint density at radius 2 is 2.00 bits per heavy atom. The largest absolute Gasteiger partial charge is 0.360 e. The summed E-state index contributed by atoms with van der Waals surface area (Å²) in [4.78, 5) is 20.6. The predicted molar refractivity (Wildman–Crippen MR) is 122 cm³/mol. The minimum Gasteiger partial charge on any atom is -0.358 e. The molecule has 2 aliphatic rings. The second-order valence-corrected chi connectivity index (χ2v) is 9.04. The van der Waals surface area contributed by atoms with Crippen LogP contribution in [0.2, 0.25) is 0 Å². The number of carbonyl (C=O) groups excluding carboxylic acids is 1. The molecule has 2 amide bonds. The van der Waals surface area contributed by atoms with Crippen LogP contribution in [0.1, 0.15) is 43.2 Å². The summed E-state index contributed by atoms with van der Waals surface area (Å²) in [5.41, 5.74) is 10.6. The second-order valence-electron chi connectivity index (χ2n) is 9.04. The Morgan fingerprint density at radius 3 is 2.83 bits per heavy atom. The molecule has 2 aromatic carbocycles. The standard InChI is InChI=1S/C25H26N4O/c1-25(2,3)17-11-12-22-16(15-17)13-14-29(22)28-24(30)27-21-10-6-9-20-23(21)18-7-4-5-8-19(18)26-20/h4-8,10-12,15,26H,9,13-14H2,1-3H3,(H,28,30). The van der Waals surface area contributed by atoms with Crippen molar-refractivity contribution in [1.82, 2.24) is 10.4 Å². The zero-order valence-electron chi connectivity index (χ0n) is 17.6. The number of nitrogens with zero attached hydrogens (tertiary/aromatic N) is 2. The Kier molecular flexibility index (Phi) is 4.28. The van der Waals surface area contributed by atoms with Crippen molar-refractivity contribution in [2.45, 2.75) is 39.0 Å². The second kappa shape index (κ2) is 6.87. The van der Waals surface area contributed by atoms with Gasteiger partial charge >= 0.3 is 6.03 Å². The molecule has 3 aromatic rings. The first kappa shape index (κ1) is 18.7. The van der Waals surface area contributed by atoms with E-state index in [1.54, 1.807) is 0 Å². The lowest BCUT2D eigenvalue weighted by molar-refractivity contribution is 0.248. The van der Waals surface area contributed by atoms with Crippen LogP contribution in [-0.2, 0) is 18.3 Å². The number of anilines is 1. The van der Waals surface area contributed by atoms with Gasteiger partial charge in [-0.15, -0.1) is 0 Å². The van der Waals surface area contributed by atoms with Crippen molar-refractivity contribution in [3.8, 4) is 0 Å². The topological polar surface area (TPSA) is 60.5 Å². The van der Waals surface area contributed by atoms with E-state index >= 15 is 0 Å². The van der Waals surface area contributed by atoms with Gasteiger partial charge in [0.1, 0.15) is 0 Å². The number of fused-ring (bicyclic) bond motifs is 4. The third kappa shape index (κ3) is 3.20. The van der Waals surface area contributed by atoms with E-state index in [4.69, 9.17) is 0 Å². The molecule has 2 heterocycles. The van der Waals surface area contributed by atoms with E-state index in [1.165, 1.54) is 11.1 Å². The molecular weight excluding hydrogens is 372 g/mol. The van der Waals surface area contributed by atoms with Crippen LogP contribution < -0.4 is 10.4 Å². The van der Waals surface area contributed by atoms with E-state index in [2.05, 4.69) is 66.5 Å². The summed E-state index contributed by atoms with van der Waals surface area (Å²) in [6, 6.07) is 14.3. The normalized spacial score (nSPS) is 16.8. The summed E-state index contributed by atoms with van der Waals surface area (Å²) in [5, 5.41) is 3.02. The highest BCUT2D eigenvalue weighted by Gasteiger charge is 2.24. The Hall–Kier alpha value is -3.34. The summed E-state index contributed by atoms with van der Waals surface area (Å²) in [5.74, 6) is 0. The maximum absolute atomic E-state index is 12.8. The molecule has 152 valence electrons. The minimum absolute atomic E-state index is 0.113. The molecule has 1 aromatic heterocycles. The van der Waals surface area contributed by atoms with E-state index in [1.807, 2.05) is 29.3 Å². The number of urea groups is 1. The van der Waals surface area contributed by atoms with Gasteiger partial charge < -0.3 is 4.98 Å². The summed E-state index contributed by atoms with van der Waals surface area (Å²) >= 11 is 0. The fraction of sp³-hybridized carbons (Fsp3) is 0.280. The summed E-state index contributed by atoms with van der Waals surface area (Å²) in [7, 11) is 0. The quantitative estimate of drug-likeness (QED) is 0.602. The van der Waals surface area contributed by atoms with Crippen molar-refractivity contribution in [3.05, 3.63) is 77.0 Å². The summed E-state index contributed by atoms with van der Waals surface area (Å²) < 4.78 is 0. The number of amides is 2. The van der Waals surface area contributed by atoms with Crippen LogP contribution in [0.25, 0.3) is 10.9 Å². The molecule has 30 heavy (non-hydrogen) atoms. The van der Waals surface area contributed by atoms with Crippen LogP contribution in [-0.4, -0.2) is 23.3 Å². The fourth-order valence-electron chi connectivity index (χ4n) is 4.34. The maximum Gasteiger partial charge on any atom is 0.360 e. The van der Waals surface area contributed by atoms with Gasteiger partial charge in [-0.3, -0.25) is 5.01 Å². The number of aromatic nitrogens is 1. The number of benzene rings is 2. The van der Waals surface area contributed by atoms with Crippen molar-refractivity contribution in [2.75, 3.05) is 11.6 Å². The number of carbonyl (C=O) groups is 1. The number of hydrazine groups is 1. The molecule has 0 saturated heterocycles. The van der Waals surface area contributed by atoms with Crippen LogP contribution in [0.3, 0.4) is 0 Å². The van der Waals surface area contributed by atoms with Gasteiger partial charge in [0, 0.05) is 35.1 Å². The maximum atomic E-state index is 12.8.